The normalized spacial score (nSPS) is 14.1. The number of hydrogen-bond acceptors (Lipinski definition) is 4. The highest BCUT2D eigenvalue weighted by Gasteiger charge is 2.26. The van der Waals surface area contributed by atoms with Gasteiger partial charge in [0.15, 0.2) is 0 Å². The highest BCUT2D eigenvalue weighted by Crippen LogP contribution is 2.29. The van der Waals surface area contributed by atoms with Gasteiger partial charge in [-0.15, -0.1) is 0 Å². The average molecular weight is 347 g/mol. The van der Waals surface area contributed by atoms with Crippen molar-refractivity contribution in [1.29, 1.82) is 0 Å². The lowest BCUT2D eigenvalue weighted by Gasteiger charge is -2.11. The molecule has 7 nitrogen and oxygen atoms in total. The van der Waals surface area contributed by atoms with E-state index >= 15 is 0 Å². The van der Waals surface area contributed by atoms with Crippen molar-refractivity contribution in [3.05, 3.63) is 58.0 Å². The van der Waals surface area contributed by atoms with E-state index in [4.69, 9.17) is 0 Å². The molecule has 0 saturated carbocycles. The molecule has 0 aliphatic carbocycles. The van der Waals surface area contributed by atoms with E-state index < -0.39 is 10.0 Å². The first kappa shape index (κ1) is 16.4. The molecule has 0 atom stereocenters. The molecule has 0 bridgehead atoms. The molecule has 1 aliphatic heterocycles. The second-order valence-corrected chi connectivity index (χ2v) is 7.50. The van der Waals surface area contributed by atoms with Crippen molar-refractivity contribution in [2.45, 2.75) is 17.9 Å². The maximum atomic E-state index is 12.4. The fraction of sp³-hybridized carbons (Fsp3) is 0.250. The average Bonchev–Trinajstić information content (AvgIpc) is 2.83. The van der Waals surface area contributed by atoms with Crippen LogP contribution in [0.3, 0.4) is 0 Å². The molecule has 1 N–H and O–H groups in total. The zero-order valence-corrected chi connectivity index (χ0v) is 14.1. The Morgan fingerprint density at radius 3 is 2.58 bits per heavy atom. The minimum atomic E-state index is -3.71. The van der Waals surface area contributed by atoms with Gasteiger partial charge in [-0.05, 0) is 29.3 Å². The molecule has 3 rings (SSSR count). The van der Waals surface area contributed by atoms with Crippen LogP contribution in [0.5, 0.6) is 0 Å². The molecule has 0 spiro atoms. The summed E-state index contributed by atoms with van der Waals surface area (Å²) in [5.41, 5.74) is 1.95. The predicted octanol–water partition coefficient (Wildman–Crippen LogP) is 0.383. The number of anilines is 1. The summed E-state index contributed by atoms with van der Waals surface area (Å²) < 4.78 is 28.8. The molecule has 1 aromatic heterocycles. The summed E-state index contributed by atoms with van der Waals surface area (Å²) >= 11 is 0. The Hall–Kier alpha value is -2.45. The highest BCUT2D eigenvalue weighted by atomic mass is 32.2. The number of nitrogens with zero attached hydrogens (tertiary/aromatic N) is 2. The number of likely N-dealkylation sites (N-methyl/N-ethyl adjacent to an activating group) is 1. The molecule has 2 aromatic rings. The summed E-state index contributed by atoms with van der Waals surface area (Å²) in [6, 6.07) is 7.62. The van der Waals surface area contributed by atoms with Crippen LogP contribution in [0, 0.1) is 0 Å². The van der Waals surface area contributed by atoms with Gasteiger partial charge in [0.1, 0.15) is 0 Å². The summed E-state index contributed by atoms with van der Waals surface area (Å²) in [5, 5.41) is 0. The Morgan fingerprint density at radius 1 is 1.12 bits per heavy atom. The molecule has 0 radical (unpaired) electrons. The smallest absolute Gasteiger partial charge is 0.250 e. The predicted molar refractivity (Wildman–Crippen MR) is 89.3 cm³/mol. The van der Waals surface area contributed by atoms with Gasteiger partial charge < -0.3 is 9.47 Å². The Morgan fingerprint density at radius 2 is 1.88 bits per heavy atom. The van der Waals surface area contributed by atoms with Crippen molar-refractivity contribution in [2.24, 2.45) is 7.05 Å². The van der Waals surface area contributed by atoms with Crippen LogP contribution in [0.15, 0.2) is 46.2 Å². The Kier molecular flexibility index (Phi) is 4.02. The molecule has 0 saturated heterocycles. The van der Waals surface area contributed by atoms with Gasteiger partial charge in [-0.25, -0.2) is 13.1 Å². The van der Waals surface area contributed by atoms with Crippen LogP contribution in [0.4, 0.5) is 5.69 Å². The van der Waals surface area contributed by atoms with Gasteiger partial charge in [-0.3, -0.25) is 9.59 Å². The highest BCUT2D eigenvalue weighted by molar-refractivity contribution is 7.89. The number of aromatic nitrogens is 1. The van der Waals surface area contributed by atoms with Crippen molar-refractivity contribution >= 4 is 21.6 Å². The number of hydrogen-bond donors (Lipinski definition) is 1. The van der Waals surface area contributed by atoms with Crippen LogP contribution in [-0.4, -0.2) is 25.9 Å². The quantitative estimate of drug-likeness (QED) is 0.866. The Labute approximate surface area is 139 Å². The zero-order valence-electron chi connectivity index (χ0n) is 13.3. The SMILES string of the molecule is CN1C(=O)Cc2cc(S(=O)(=O)NCc3ccc(=O)n(C)c3)ccc21. The van der Waals surface area contributed by atoms with Gasteiger partial charge in [0, 0.05) is 38.6 Å². The van der Waals surface area contributed by atoms with Gasteiger partial charge >= 0.3 is 0 Å². The number of carbonyl (C=O) groups is 1. The van der Waals surface area contributed by atoms with E-state index in [0.29, 0.717) is 11.1 Å². The van der Waals surface area contributed by atoms with E-state index in [0.717, 1.165) is 5.69 Å². The number of amides is 1. The third-order valence-corrected chi connectivity index (χ3v) is 5.45. The van der Waals surface area contributed by atoms with Crippen molar-refractivity contribution in [2.75, 3.05) is 11.9 Å². The first-order chi connectivity index (χ1) is 11.3. The summed E-state index contributed by atoms with van der Waals surface area (Å²) in [4.78, 5) is 24.7. The molecule has 1 aromatic carbocycles. The van der Waals surface area contributed by atoms with Gasteiger partial charge in [0.25, 0.3) is 0 Å². The second kappa shape index (κ2) is 5.88. The van der Waals surface area contributed by atoms with Gasteiger partial charge in [0.2, 0.25) is 21.5 Å². The maximum absolute atomic E-state index is 12.4. The van der Waals surface area contributed by atoms with E-state index in [2.05, 4.69) is 4.72 Å². The van der Waals surface area contributed by atoms with E-state index in [1.54, 1.807) is 32.4 Å². The van der Waals surface area contributed by atoms with E-state index in [-0.39, 0.29) is 29.3 Å². The summed E-state index contributed by atoms with van der Waals surface area (Å²) in [7, 11) is -0.433. The van der Waals surface area contributed by atoms with Crippen molar-refractivity contribution in [3.8, 4) is 0 Å². The molecular formula is C16H17N3O4S. The van der Waals surface area contributed by atoms with Crippen LogP contribution in [0.2, 0.25) is 0 Å². The van der Waals surface area contributed by atoms with Crippen molar-refractivity contribution in [1.82, 2.24) is 9.29 Å². The van der Waals surface area contributed by atoms with Gasteiger partial charge in [-0.1, -0.05) is 6.07 Å². The molecule has 0 fully saturated rings. The number of rotatable bonds is 4. The number of fused-ring (bicyclic) bond motifs is 1. The Bertz CT molecular complexity index is 979. The van der Waals surface area contributed by atoms with E-state index in [1.807, 2.05) is 0 Å². The number of pyridine rings is 1. The van der Waals surface area contributed by atoms with E-state index in [9.17, 15) is 18.0 Å². The van der Waals surface area contributed by atoms with Crippen LogP contribution in [0.25, 0.3) is 0 Å². The Balaban J connectivity index is 1.81. The zero-order chi connectivity index (χ0) is 17.5. The lowest BCUT2D eigenvalue weighted by atomic mass is 10.2. The molecule has 8 heteroatoms. The maximum Gasteiger partial charge on any atom is 0.250 e. The third kappa shape index (κ3) is 2.98. The first-order valence-corrected chi connectivity index (χ1v) is 8.81. The summed E-state index contributed by atoms with van der Waals surface area (Å²) in [6.07, 6.45) is 1.79. The van der Waals surface area contributed by atoms with Gasteiger partial charge in [0.05, 0.1) is 11.3 Å². The van der Waals surface area contributed by atoms with Crippen LogP contribution >= 0.6 is 0 Å². The molecule has 2 heterocycles. The fourth-order valence-electron chi connectivity index (χ4n) is 2.63. The number of nitrogens with one attached hydrogen (secondary N) is 1. The number of aryl methyl sites for hydroxylation is 1. The molecule has 126 valence electrons. The van der Waals surface area contributed by atoms with Crippen molar-refractivity contribution < 1.29 is 13.2 Å². The van der Waals surface area contributed by atoms with Crippen molar-refractivity contribution in [3.63, 3.8) is 0 Å². The lowest BCUT2D eigenvalue weighted by Crippen LogP contribution is -2.24. The second-order valence-electron chi connectivity index (χ2n) is 5.73. The molecule has 1 aliphatic rings. The van der Waals surface area contributed by atoms with Gasteiger partial charge in [-0.2, -0.15) is 0 Å². The largest absolute Gasteiger partial charge is 0.318 e. The molecule has 0 unspecified atom stereocenters. The number of benzene rings is 1. The fourth-order valence-corrected chi connectivity index (χ4v) is 3.70. The van der Waals surface area contributed by atoms with Crippen LogP contribution in [0.1, 0.15) is 11.1 Å². The monoisotopic (exact) mass is 347 g/mol. The summed E-state index contributed by atoms with van der Waals surface area (Å²) in [6.45, 7) is 0.0758. The summed E-state index contributed by atoms with van der Waals surface area (Å²) in [5.74, 6) is -0.0577. The first-order valence-electron chi connectivity index (χ1n) is 7.32. The van der Waals surface area contributed by atoms with E-state index in [1.165, 1.54) is 27.7 Å². The van der Waals surface area contributed by atoms with Crippen LogP contribution in [-0.2, 0) is 34.8 Å². The number of sulfonamides is 1. The topological polar surface area (TPSA) is 88.5 Å². The molecule has 24 heavy (non-hydrogen) atoms. The molecule has 1 amide bonds. The minimum Gasteiger partial charge on any atom is -0.318 e. The minimum absolute atomic E-state index is 0.0577. The lowest BCUT2D eigenvalue weighted by molar-refractivity contribution is -0.117. The molecular weight excluding hydrogens is 330 g/mol. The number of carbonyl (C=O) groups excluding carboxylic acids is 1. The third-order valence-electron chi connectivity index (χ3n) is 4.05. The van der Waals surface area contributed by atoms with Crippen LogP contribution < -0.4 is 15.2 Å². The standard InChI is InChI=1S/C16H17N3O4S/c1-18-10-11(3-6-15(18)20)9-17-24(22,23)13-4-5-14-12(7-13)8-16(21)19(14)2/h3-7,10,17H,8-9H2,1-2H3.